The lowest BCUT2D eigenvalue weighted by Crippen LogP contribution is -2.18. The molecule has 0 atom stereocenters. The summed E-state index contributed by atoms with van der Waals surface area (Å²) in [6.07, 6.45) is 1.21. The molecule has 0 spiro atoms. The minimum Gasteiger partial charge on any atom is -0.507 e. The maximum atomic E-state index is 12.2. The average molecular weight is 415 g/mol. The van der Waals surface area contributed by atoms with Crippen molar-refractivity contribution in [3.8, 4) is 17.2 Å². The van der Waals surface area contributed by atoms with Crippen molar-refractivity contribution in [1.29, 1.82) is 0 Å². The molecule has 0 amide bonds. The summed E-state index contributed by atoms with van der Waals surface area (Å²) >= 11 is 3.26. The monoisotopic (exact) mass is 414 g/mol. The van der Waals surface area contributed by atoms with E-state index in [2.05, 4.69) is 25.9 Å². The van der Waals surface area contributed by atoms with Crippen LogP contribution in [0.2, 0.25) is 0 Å². The van der Waals surface area contributed by atoms with E-state index < -0.39 is 10.0 Å². The van der Waals surface area contributed by atoms with Crippen LogP contribution in [0.25, 0.3) is 0 Å². The Balaban J connectivity index is 2.22. The number of methoxy groups -OCH3 is 2. The average Bonchev–Trinajstić information content (AvgIpc) is 2.57. The maximum Gasteiger partial charge on any atom is 0.276 e. The zero-order valence-corrected chi connectivity index (χ0v) is 15.3. The summed E-state index contributed by atoms with van der Waals surface area (Å²) in [5.41, 5.74) is 0.361. The van der Waals surface area contributed by atoms with E-state index in [9.17, 15) is 13.5 Å². The van der Waals surface area contributed by atoms with Gasteiger partial charge in [0.2, 0.25) is 0 Å². The largest absolute Gasteiger partial charge is 0.507 e. The predicted molar refractivity (Wildman–Crippen MR) is 93.3 cm³/mol. The highest BCUT2D eigenvalue weighted by Crippen LogP contribution is 2.29. The van der Waals surface area contributed by atoms with Gasteiger partial charge < -0.3 is 14.6 Å². The van der Waals surface area contributed by atoms with Gasteiger partial charge in [-0.2, -0.15) is 13.5 Å². The normalized spacial score (nSPS) is 11.5. The summed E-state index contributed by atoms with van der Waals surface area (Å²) in [6, 6.07) is 8.90. The van der Waals surface area contributed by atoms with Crippen molar-refractivity contribution in [2.24, 2.45) is 5.10 Å². The van der Waals surface area contributed by atoms with E-state index in [-0.39, 0.29) is 16.4 Å². The second-order valence-corrected chi connectivity index (χ2v) is 7.15. The molecule has 2 aromatic carbocycles. The Kier molecular flexibility index (Phi) is 5.68. The number of hydrogen-bond acceptors (Lipinski definition) is 6. The lowest BCUT2D eigenvalue weighted by Gasteiger charge is -2.09. The molecule has 0 aromatic heterocycles. The van der Waals surface area contributed by atoms with E-state index in [1.807, 2.05) is 0 Å². The van der Waals surface area contributed by atoms with Crippen molar-refractivity contribution < 1.29 is 23.0 Å². The van der Waals surface area contributed by atoms with E-state index in [0.29, 0.717) is 11.3 Å². The van der Waals surface area contributed by atoms with Gasteiger partial charge in [-0.3, -0.25) is 0 Å². The van der Waals surface area contributed by atoms with Gasteiger partial charge in [0.1, 0.15) is 5.75 Å². The Hall–Kier alpha value is -2.26. The highest BCUT2D eigenvalue weighted by atomic mass is 79.9. The van der Waals surface area contributed by atoms with Crippen LogP contribution >= 0.6 is 15.9 Å². The molecule has 0 heterocycles. The van der Waals surface area contributed by atoms with Crippen LogP contribution in [0.15, 0.2) is 50.9 Å². The van der Waals surface area contributed by atoms with Crippen LogP contribution in [0, 0.1) is 0 Å². The first-order valence-electron chi connectivity index (χ1n) is 6.63. The Labute approximate surface area is 148 Å². The molecule has 24 heavy (non-hydrogen) atoms. The van der Waals surface area contributed by atoms with Crippen LogP contribution in [0.4, 0.5) is 0 Å². The summed E-state index contributed by atoms with van der Waals surface area (Å²) in [5, 5.41) is 13.4. The Bertz CT molecular complexity index is 868. The molecule has 0 radical (unpaired) electrons. The summed E-state index contributed by atoms with van der Waals surface area (Å²) in [4.78, 5) is 2.05. The van der Waals surface area contributed by atoms with Gasteiger partial charge in [-0.1, -0.05) is 15.9 Å². The standard InChI is InChI=1S/C15H15BrN2O5S/c1-22-14-6-4-12(8-15(14)23-2)24(20,21)18-17-9-10-7-11(16)3-5-13(10)19/h3-9,18-19H,1-2H3/b17-9+. The molecular formula is C15H15BrN2O5S. The highest BCUT2D eigenvalue weighted by molar-refractivity contribution is 9.10. The molecule has 128 valence electrons. The van der Waals surface area contributed by atoms with Crippen molar-refractivity contribution in [2.75, 3.05) is 14.2 Å². The van der Waals surface area contributed by atoms with Crippen LogP contribution in [-0.4, -0.2) is 34.0 Å². The first kappa shape index (κ1) is 18.1. The van der Waals surface area contributed by atoms with Gasteiger partial charge in [-0.25, -0.2) is 4.83 Å². The van der Waals surface area contributed by atoms with Gasteiger partial charge in [0.15, 0.2) is 11.5 Å². The van der Waals surface area contributed by atoms with Crippen LogP contribution in [0.5, 0.6) is 17.2 Å². The number of aromatic hydroxyl groups is 1. The molecule has 0 fully saturated rings. The number of phenols is 1. The first-order valence-corrected chi connectivity index (χ1v) is 8.90. The number of hydrogen-bond donors (Lipinski definition) is 2. The minimum absolute atomic E-state index is 0.0211. The SMILES string of the molecule is COc1ccc(S(=O)(=O)N/N=C/c2cc(Br)ccc2O)cc1OC. The molecule has 0 unspecified atom stereocenters. The second kappa shape index (κ2) is 7.54. The van der Waals surface area contributed by atoms with Gasteiger partial charge >= 0.3 is 0 Å². The number of rotatable bonds is 6. The Morgan fingerprint density at radius 2 is 1.83 bits per heavy atom. The van der Waals surface area contributed by atoms with Crippen LogP contribution in [-0.2, 0) is 10.0 Å². The molecule has 2 N–H and O–H groups in total. The number of phenolic OH excluding ortho intramolecular Hbond substituents is 1. The number of ether oxygens (including phenoxy) is 2. The Morgan fingerprint density at radius 3 is 2.50 bits per heavy atom. The zero-order chi connectivity index (χ0) is 17.7. The second-order valence-electron chi connectivity index (χ2n) is 4.57. The number of nitrogens with one attached hydrogen (secondary N) is 1. The van der Waals surface area contributed by atoms with Gasteiger partial charge in [0.05, 0.1) is 25.3 Å². The van der Waals surface area contributed by atoms with Crippen LogP contribution in [0.1, 0.15) is 5.56 Å². The van der Waals surface area contributed by atoms with Crippen molar-refractivity contribution in [2.45, 2.75) is 4.90 Å². The smallest absolute Gasteiger partial charge is 0.276 e. The predicted octanol–water partition coefficient (Wildman–Crippen LogP) is 2.48. The number of sulfonamides is 1. The zero-order valence-electron chi connectivity index (χ0n) is 12.9. The van der Waals surface area contributed by atoms with Crippen molar-refractivity contribution in [1.82, 2.24) is 4.83 Å². The van der Waals surface area contributed by atoms with Crippen LogP contribution in [0.3, 0.4) is 0 Å². The summed E-state index contributed by atoms with van der Waals surface area (Å²) in [5.74, 6) is 0.681. The topological polar surface area (TPSA) is 97.2 Å². The van der Waals surface area contributed by atoms with Crippen molar-refractivity contribution in [3.05, 3.63) is 46.4 Å². The Morgan fingerprint density at radius 1 is 1.12 bits per heavy atom. The lowest BCUT2D eigenvalue weighted by atomic mass is 10.2. The fraction of sp³-hybridized carbons (Fsp3) is 0.133. The maximum absolute atomic E-state index is 12.2. The molecule has 2 aromatic rings. The third-order valence-electron chi connectivity index (χ3n) is 3.03. The molecule has 9 heteroatoms. The number of benzene rings is 2. The summed E-state index contributed by atoms with van der Waals surface area (Å²) in [6.45, 7) is 0. The fourth-order valence-electron chi connectivity index (χ4n) is 1.83. The van der Waals surface area contributed by atoms with E-state index in [1.165, 1.54) is 44.7 Å². The van der Waals surface area contributed by atoms with E-state index in [0.717, 1.165) is 4.47 Å². The number of halogens is 1. The summed E-state index contributed by atoms with van der Waals surface area (Å²) < 4.78 is 35.4. The molecule has 0 aliphatic carbocycles. The first-order chi connectivity index (χ1) is 11.4. The highest BCUT2D eigenvalue weighted by Gasteiger charge is 2.16. The van der Waals surface area contributed by atoms with Gasteiger partial charge in [0, 0.05) is 16.1 Å². The quantitative estimate of drug-likeness (QED) is 0.558. The molecule has 2 rings (SSSR count). The lowest BCUT2D eigenvalue weighted by molar-refractivity contribution is 0.354. The molecule has 0 saturated carbocycles. The van der Waals surface area contributed by atoms with Crippen LogP contribution < -0.4 is 14.3 Å². The molecule has 0 saturated heterocycles. The minimum atomic E-state index is -3.89. The van der Waals surface area contributed by atoms with E-state index >= 15 is 0 Å². The molecule has 0 aliphatic rings. The van der Waals surface area contributed by atoms with Crippen molar-refractivity contribution >= 4 is 32.2 Å². The van der Waals surface area contributed by atoms with Gasteiger partial charge in [0.25, 0.3) is 10.0 Å². The van der Waals surface area contributed by atoms with Gasteiger partial charge in [-0.15, -0.1) is 0 Å². The van der Waals surface area contributed by atoms with E-state index in [1.54, 1.807) is 12.1 Å². The fourth-order valence-corrected chi connectivity index (χ4v) is 3.02. The van der Waals surface area contributed by atoms with Gasteiger partial charge in [-0.05, 0) is 30.3 Å². The molecule has 7 nitrogen and oxygen atoms in total. The molecular weight excluding hydrogens is 400 g/mol. The third kappa shape index (κ3) is 4.18. The van der Waals surface area contributed by atoms with E-state index in [4.69, 9.17) is 9.47 Å². The third-order valence-corrected chi connectivity index (χ3v) is 4.74. The molecule has 0 bridgehead atoms. The van der Waals surface area contributed by atoms with Crippen molar-refractivity contribution in [3.63, 3.8) is 0 Å². The molecule has 0 aliphatic heterocycles. The number of nitrogens with zero attached hydrogens (tertiary/aromatic N) is 1. The number of hydrazone groups is 1. The summed E-state index contributed by atoms with van der Waals surface area (Å²) in [7, 11) is -1.02.